The molecule has 1 saturated heterocycles. The highest BCUT2D eigenvalue weighted by Gasteiger charge is 2.65. The van der Waals surface area contributed by atoms with E-state index in [4.69, 9.17) is 21.3 Å². The second-order valence-corrected chi connectivity index (χ2v) is 4.94. The molecule has 3 heterocycles. The van der Waals surface area contributed by atoms with Crippen LogP contribution in [0.3, 0.4) is 0 Å². The van der Waals surface area contributed by atoms with Gasteiger partial charge in [0.1, 0.15) is 0 Å². The normalized spacial score (nSPS) is 31.0. The Morgan fingerprint density at radius 2 is 2.23 bits per heavy atom. The fraction of sp³-hybridized carbons (Fsp3) is 0.500. The van der Waals surface area contributed by atoms with Crippen molar-refractivity contribution in [3.63, 3.8) is 0 Å². The number of nitrogens with one attached hydrogen (secondary N) is 1. The largest absolute Gasteiger partial charge is 0.392 e. The minimum absolute atomic E-state index is 0.235. The van der Waals surface area contributed by atoms with E-state index in [9.17, 15) is 18.7 Å². The molecule has 0 aromatic carbocycles. The Kier molecular flexibility index (Phi) is 2.97. The molecule has 1 aliphatic rings. The third kappa shape index (κ3) is 1.81. The van der Waals surface area contributed by atoms with Gasteiger partial charge >= 0.3 is 5.92 Å². The summed E-state index contributed by atoms with van der Waals surface area (Å²) < 4.78 is 34.1. The van der Waals surface area contributed by atoms with Gasteiger partial charge in [-0.2, -0.15) is 13.8 Å². The summed E-state index contributed by atoms with van der Waals surface area (Å²) in [4.78, 5) is 21.2. The molecule has 7 N–H and O–H groups in total. The summed E-state index contributed by atoms with van der Waals surface area (Å²) in [7, 11) is 0. The number of nitrogen functional groups attached to an aromatic ring is 1. The Labute approximate surface area is 120 Å². The maximum atomic E-state index is 14.2. The quantitative estimate of drug-likeness (QED) is 0.419. The first-order valence-corrected chi connectivity index (χ1v) is 6.06. The molecule has 2 aromatic heterocycles. The van der Waals surface area contributed by atoms with E-state index >= 15 is 0 Å². The fourth-order valence-corrected chi connectivity index (χ4v) is 2.29. The molecule has 0 radical (unpaired) electrons. The molecule has 2 aromatic rings. The molecular weight excluding hydrogens is 306 g/mol. The first kappa shape index (κ1) is 14.8. The number of imidazole rings is 1. The van der Waals surface area contributed by atoms with Gasteiger partial charge in [-0.25, -0.2) is 4.98 Å². The van der Waals surface area contributed by atoms with Gasteiger partial charge in [-0.3, -0.25) is 20.1 Å². The number of fused-ring (bicyclic) bond motifs is 1. The average molecular weight is 318 g/mol. The predicted octanol–water partition coefficient (Wildman–Crippen LogP) is -2.13. The number of hydrogen-bond donors (Lipinski definition) is 5. The standard InChI is InChI=1S/C10H12F2N6O4/c11-10(12)6(21)9(14,1-19)22-7(10)18-2-15-3-4(18)16-8(13)17-5(3)20/h2,6-7,19,21H,1,14H2,(H3,13,16,17,20)/t6-,7-,9-/m1/s1. The summed E-state index contributed by atoms with van der Waals surface area (Å²) in [5, 5.41) is 18.7. The number of nitrogens with zero attached hydrogens (tertiary/aromatic N) is 3. The van der Waals surface area contributed by atoms with Gasteiger partial charge in [-0.15, -0.1) is 0 Å². The van der Waals surface area contributed by atoms with Crippen molar-refractivity contribution in [2.24, 2.45) is 5.73 Å². The van der Waals surface area contributed by atoms with E-state index in [0.717, 1.165) is 10.9 Å². The Bertz CT molecular complexity index is 791. The van der Waals surface area contributed by atoms with Crippen molar-refractivity contribution in [2.75, 3.05) is 12.3 Å². The Morgan fingerprint density at radius 3 is 2.82 bits per heavy atom. The molecule has 3 atom stereocenters. The van der Waals surface area contributed by atoms with Gasteiger partial charge in [0.25, 0.3) is 5.56 Å². The van der Waals surface area contributed by atoms with E-state index in [1.165, 1.54) is 0 Å². The first-order chi connectivity index (χ1) is 10.2. The van der Waals surface area contributed by atoms with Crippen LogP contribution in [0.2, 0.25) is 0 Å². The highest BCUT2D eigenvalue weighted by atomic mass is 19.3. The van der Waals surface area contributed by atoms with Gasteiger partial charge in [0.15, 0.2) is 23.0 Å². The minimum Gasteiger partial charge on any atom is -0.392 e. The van der Waals surface area contributed by atoms with Crippen molar-refractivity contribution < 1.29 is 23.7 Å². The van der Waals surface area contributed by atoms with Crippen LogP contribution in [0.15, 0.2) is 11.1 Å². The molecule has 0 unspecified atom stereocenters. The van der Waals surface area contributed by atoms with Gasteiger partial charge in [0.05, 0.1) is 12.9 Å². The Morgan fingerprint density at radius 1 is 1.55 bits per heavy atom. The summed E-state index contributed by atoms with van der Waals surface area (Å²) in [5.74, 6) is -4.16. The van der Waals surface area contributed by atoms with Crippen LogP contribution in [0, 0.1) is 0 Å². The topological polar surface area (TPSA) is 165 Å². The van der Waals surface area contributed by atoms with Gasteiger partial charge in [0, 0.05) is 0 Å². The number of alkyl halides is 2. The molecule has 0 bridgehead atoms. The zero-order valence-corrected chi connectivity index (χ0v) is 10.9. The van der Waals surface area contributed by atoms with Gasteiger partial charge in [-0.05, 0) is 0 Å². The highest BCUT2D eigenvalue weighted by Crippen LogP contribution is 2.46. The average Bonchev–Trinajstić information content (AvgIpc) is 2.93. The van der Waals surface area contributed by atoms with Crippen molar-refractivity contribution in [2.45, 2.75) is 24.0 Å². The lowest BCUT2D eigenvalue weighted by Crippen LogP contribution is -2.55. The van der Waals surface area contributed by atoms with Crippen LogP contribution in [0.4, 0.5) is 14.7 Å². The Balaban J connectivity index is 2.18. The summed E-state index contributed by atoms with van der Waals surface area (Å²) in [5.41, 5.74) is 7.22. The lowest BCUT2D eigenvalue weighted by Gasteiger charge is -2.24. The number of H-pyrrole nitrogens is 1. The number of aromatic amines is 1. The summed E-state index contributed by atoms with van der Waals surface area (Å²) >= 11 is 0. The third-order valence-electron chi connectivity index (χ3n) is 3.44. The van der Waals surface area contributed by atoms with E-state index in [0.29, 0.717) is 0 Å². The summed E-state index contributed by atoms with van der Waals surface area (Å²) in [6.07, 6.45) is -3.69. The number of anilines is 1. The predicted molar refractivity (Wildman–Crippen MR) is 67.6 cm³/mol. The van der Waals surface area contributed by atoms with Crippen LogP contribution in [-0.2, 0) is 4.74 Å². The molecule has 22 heavy (non-hydrogen) atoms. The smallest absolute Gasteiger partial charge is 0.321 e. The molecule has 0 spiro atoms. The second-order valence-electron chi connectivity index (χ2n) is 4.94. The van der Waals surface area contributed by atoms with E-state index < -0.39 is 36.1 Å². The number of halogens is 2. The maximum Gasteiger partial charge on any atom is 0.321 e. The van der Waals surface area contributed by atoms with E-state index in [-0.39, 0.29) is 17.1 Å². The molecule has 10 nitrogen and oxygen atoms in total. The van der Waals surface area contributed by atoms with Crippen molar-refractivity contribution in [1.82, 2.24) is 19.5 Å². The second kappa shape index (κ2) is 4.42. The summed E-state index contributed by atoms with van der Waals surface area (Å²) in [6.45, 7) is -1.04. The molecule has 12 heteroatoms. The summed E-state index contributed by atoms with van der Waals surface area (Å²) in [6, 6.07) is 0. The van der Waals surface area contributed by atoms with Crippen LogP contribution in [-0.4, -0.2) is 54.1 Å². The van der Waals surface area contributed by atoms with Crippen molar-refractivity contribution in [3.05, 3.63) is 16.7 Å². The number of hydrogen-bond acceptors (Lipinski definition) is 8. The fourth-order valence-electron chi connectivity index (χ4n) is 2.29. The van der Waals surface area contributed by atoms with Crippen LogP contribution >= 0.6 is 0 Å². The van der Waals surface area contributed by atoms with Crippen LogP contribution in [0.25, 0.3) is 11.2 Å². The number of nitrogens with two attached hydrogens (primary N) is 2. The lowest BCUT2D eigenvalue weighted by molar-refractivity contribution is -0.141. The van der Waals surface area contributed by atoms with Crippen LogP contribution in [0.5, 0.6) is 0 Å². The molecule has 3 rings (SSSR count). The van der Waals surface area contributed by atoms with Crippen LogP contribution < -0.4 is 17.0 Å². The number of ether oxygens (including phenoxy) is 1. The number of aliphatic hydroxyl groups is 2. The molecule has 1 fully saturated rings. The first-order valence-electron chi connectivity index (χ1n) is 6.06. The van der Waals surface area contributed by atoms with Gasteiger partial charge in [0.2, 0.25) is 12.2 Å². The molecule has 0 amide bonds. The SMILES string of the molecule is Nc1nc2c(ncn2[C@@H]2O[C@](N)(CO)[C@@H](O)C2(F)F)c(=O)[nH]1. The zero-order valence-electron chi connectivity index (χ0n) is 10.9. The number of rotatable bonds is 2. The van der Waals surface area contributed by atoms with Gasteiger partial charge < -0.3 is 20.7 Å². The van der Waals surface area contributed by atoms with Crippen LogP contribution in [0.1, 0.15) is 6.23 Å². The molecule has 120 valence electrons. The van der Waals surface area contributed by atoms with Crippen molar-refractivity contribution in [3.8, 4) is 0 Å². The minimum atomic E-state index is -3.86. The van der Waals surface area contributed by atoms with E-state index in [1.54, 1.807) is 0 Å². The number of aromatic nitrogens is 4. The monoisotopic (exact) mass is 318 g/mol. The molecule has 0 aliphatic carbocycles. The molecule has 0 saturated carbocycles. The lowest BCUT2D eigenvalue weighted by atomic mass is 10.1. The molecular formula is C10H12F2N6O4. The van der Waals surface area contributed by atoms with E-state index in [1.807, 2.05) is 0 Å². The van der Waals surface area contributed by atoms with Gasteiger partial charge in [-0.1, -0.05) is 0 Å². The highest BCUT2D eigenvalue weighted by molar-refractivity contribution is 5.70. The molecule has 1 aliphatic heterocycles. The number of aliphatic hydroxyl groups excluding tert-OH is 2. The maximum absolute atomic E-state index is 14.2. The van der Waals surface area contributed by atoms with Crippen molar-refractivity contribution >= 4 is 17.1 Å². The Hall–Kier alpha value is -2.15. The third-order valence-corrected chi connectivity index (χ3v) is 3.44. The zero-order chi connectivity index (χ0) is 16.3. The van der Waals surface area contributed by atoms with Crippen molar-refractivity contribution in [1.29, 1.82) is 0 Å². The van der Waals surface area contributed by atoms with E-state index in [2.05, 4.69) is 15.0 Å².